The van der Waals surface area contributed by atoms with Gasteiger partial charge in [-0.15, -0.1) is 0 Å². The smallest absolute Gasteiger partial charge is 0.475 e. The van der Waals surface area contributed by atoms with E-state index in [1.165, 1.54) is 5.57 Å². The molecule has 3 aliphatic rings. The zero-order chi connectivity index (χ0) is 17.9. The van der Waals surface area contributed by atoms with Crippen LogP contribution < -0.4 is 0 Å². The lowest BCUT2D eigenvalue weighted by Gasteiger charge is -2.43. The number of hydrogen-bond acceptors (Lipinski definition) is 7. The summed E-state index contributed by atoms with van der Waals surface area (Å²) in [5.74, 6) is -2.18. The molecule has 0 aromatic rings. The third-order valence-corrected chi connectivity index (χ3v) is 5.21. The molecule has 1 saturated carbocycles. The van der Waals surface area contributed by atoms with E-state index in [0.717, 1.165) is 25.7 Å². The molecule has 0 bridgehead atoms. The molecule has 1 atom stereocenters. The number of nitrogens with zero attached hydrogens (tertiary/aromatic N) is 2. The quantitative estimate of drug-likeness (QED) is 0.267. The number of carbonyl (C=O) groups excluding carboxylic acids is 1. The molecule has 1 N–H and O–H groups in total. The van der Waals surface area contributed by atoms with Crippen molar-refractivity contribution in [2.24, 2.45) is 5.41 Å². The second kappa shape index (κ2) is 7.02. The number of rotatable bonds is 5. The van der Waals surface area contributed by atoms with Crippen molar-refractivity contribution >= 4 is 5.97 Å². The third kappa shape index (κ3) is 3.34. The summed E-state index contributed by atoms with van der Waals surface area (Å²) in [4.78, 5) is 14.4. The minimum atomic E-state index is -0.933. The highest BCUT2D eigenvalue weighted by molar-refractivity contribution is 5.90. The normalized spacial score (nSPS) is 27.9. The molecule has 136 valence electrons. The lowest BCUT2D eigenvalue weighted by molar-refractivity contribution is -0.179. The van der Waals surface area contributed by atoms with Crippen molar-refractivity contribution in [3.63, 3.8) is 0 Å². The molecule has 8 nitrogen and oxygen atoms in total. The predicted molar refractivity (Wildman–Crippen MR) is 85.6 cm³/mol. The highest BCUT2D eigenvalue weighted by atomic mass is 16.7. The van der Waals surface area contributed by atoms with E-state index < -0.39 is 23.4 Å². The van der Waals surface area contributed by atoms with Gasteiger partial charge in [-0.25, -0.2) is 4.79 Å². The average Bonchev–Trinajstić information content (AvgIpc) is 3.22. The first-order valence-corrected chi connectivity index (χ1v) is 8.60. The number of carbonyl (C=O) groups is 1. The summed E-state index contributed by atoms with van der Waals surface area (Å²) in [5.41, 5.74) is 0.354. The third-order valence-electron chi connectivity index (χ3n) is 5.21. The largest absolute Gasteiger partial charge is 0.547 e. The van der Waals surface area contributed by atoms with E-state index in [-0.39, 0.29) is 18.6 Å². The van der Waals surface area contributed by atoms with E-state index in [2.05, 4.69) is 11.1 Å². The van der Waals surface area contributed by atoms with Gasteiger partial charge < -0.3 is 24.1 Å². The standard InChI is InChI=1S/C17H22N2O6/c1-2-22-14(20)13(19-18)15(21)23-11-16-5-3-4-12(16)10-17(7-6-16)24-8-9-25-17/h4H,2-3,5-11H2,1H3/p+1. The lowest BCUT2D eigenvalue weighted by atomic mass is 9.69. The van der Waals surface area contributed by atoms with Crippen LogP contribution in [0.15, 0.2) is 23.3 Å². The van der Waals surface area contributed by atoms with E-state index in [0.29, 0.717) is 19.6 Å². The van der Waals surface area contributed by atoms with Gasteiger partial charge in [-0.05, 0) is 26.2 Å². The first-order valence-electron chi connectivity index (χ1n) is 8.60. The van der Waals surface area contributed by atoms with Crippen LogP contribution in [-0.2, 0) is 23.7 Å². The van der Waals surface area contributed by atoms with Crippen LogP contribution in [-0.4, -0.2) is 43.3 Å². The Balaban J connectivity index is 1.69. The Hall–Kier alpha value is -2.11. The topological polar surface area (TPSA) is 102 Å². The summed E-state index contributed by atoms with van der Waals surface area (Å²) in [7, 11) is 0. The Labute approximate surface area is 146 Å². The van der Waals surface area contributed by atoms with Gasteiger partial charge in [0.15, 0.2) is 10.8 Å². The van der Waals surface area contributed by atoms with Gasteiger partial charge in [0.2, 0.25) is 5.39 Å². The predicted octanol–water partition coefficient (Wildman–Crippen LogP) is 2.78. The average molecular weight is 351 g/mol. The van der Waals surface area contributed by atoms with Crippen LogP contribution in [0.1, 0.15) is 39.0 Å². The summed E-state index contributed by atoms with van der Waals surface area (Å²) < 4.78 is 21.7. The lowest BCUT2D eigenvalue weighted by Crippen LogP contribution is -2.42. The van der Waals surface area contributed by atoms with Crippen molar-refractivity contribution in [1.29, 1.82) is 5.39 Å². The summed E-state index contributed by atoms with van der Waals surface area (Å²) in [6.45, 7) is 3.13. The molecule has 0 aromatic carbocycles. The number of aliphatic hydroxyl groups is 1. The van der Waals surface area contributed by atoms with Crippen LogP contribution >= 0.6 is 0 Å². The molecule has 1 saturated heterocycles. The fourth-order valence-corrected chi connectivity index (χ4v) is 3.88. The van der Waals surface area contributed by atoms with Gasteiger partial charge in [0.1, 0.15) is 6.61 Å². The number of allylic oxidation sites excluding steroid dienone is 1. The molecule has 1 heterocycles. The van der Waals surface area contributed by atoms with Gasteiger partial charge in [-0.1, -0.05) is 11.6 Å². The Morgan fingerprint density at radius 1 is 1.32 bits per heavy atom. The molecule has 0 aromatic heterocycles. The van der Waals surface area contributed by atoms with Crippen molar-refractivity contribution in [2.75, 3.05) is 26.4 Å². The Kier molecular flexibility index (Phi) is 4.97. The van der Waals surface area contributed by atoms with Gasteiger partial charge in [-0.2, -0.15) is 0 Å². The van der Waals surface area contributed by atoms with Crippen molar-refractivity contribution < 1.29 is 28.8 Å². The molecule has 0 amide bonds. The van der Waals surface area contributed by atoms with Crippen LogP contribution in [0.4, 0.5) is 0 Å². The van der Waals surface area contributed by atoms with Crippen LogP contribution in [0.25, 0.3) is 4.98 Å². The van der Waals surface area contributed by atoms with Crippen molar-refractivity contribution in [3.05, 3.63) is 28.3 Å². The molecule has 1 aliphatic heterocycles. The molecule has 1 unspecified atom stereocenters. The van der Waals surface area contributed by atoms with Gasteiger partial charge in [0.25, 0.3) is 0 Å². The van der Waals surface area contributed by atoms with Crippen LogP contribution in [0.3, 0.4) is 0 Å². The number of hydrogen-bond donors (Lipinski definition) is 1. The minimum absolute atomic E-state index is 0.101. The van der Waals surface area contributed by atoms with E-state index in [9.17, 15) is 9.90 Å². The molecule has 25 heavy (non-hydrogen) atoms. The van der Waals surface area contributed by atoms with E-state index in [1.54, 1.807) is 6.92 Å². The number of aliphatic hydroxyl groups excluding tert-OH is 1. The highest BCUT2D eigenvalue weighted by Gasteiger charge is 2.51. The van der Waals surface area contributed by atoms with Crippen molar-refractivity contribution in [3.8, 4) is 0 Å². The maximum absolute atomic E-state index is 11.6. The number of fused-ring (bicyclic) bond motifs is 1. The summed E-state index contributed by atoms with van der Waals surface area (Å²) in [6.07, 6.45) is 6.25. The van der Waals surface area contributed by atoms with Gasteiger partial charge in [0, 0.05) is 18.3 Å². The molecule has 0 radical (unpaired) electrons. The maximum Gasteiger partial charge on any atom is 0.547 e. The van der Waals surface area contributed by atoms with E-state index in [1.807, 2.05) is 0 Å². The van der Waals surface area contributed by atoms with E-state index in [4.69, 9.17) is 24.3 Å². The molecule has 8 heteroatoms. The number of diazo groups is 1. The SMILES string of the molecule is CCOC(=O)/C([N+]#N)=C(\O)OCC12CCC=C1CC1(CC2)OCCO1. The highest BCUT2D eigenvalue weighted by Crippen LogP contribution is 2.53. The zero-order valence-corrected chi connectivity index (χ0v) is 14.3. The Morgan fingerprint density at radius 2 is 2.08 bits per heavy atom. The minimum Gasteiger partial charge on any atom is -0.475 e. The van der Waals surface area contributed by atoms with Crippen LogP contribution in [0.5, 0.6) is 0 Å². The monoisotopic (exact) mass is 351 g/mol. The fraction of sp³-hybridized carbons (Fsp3) is 0.706. The Morgan fingerprint density at radius 3 is 2.76 bits per heavy atom. The molecule has 2 fully saturated rings. The van der Waals surface area contributed by atoms with Gasteiger partial charge in [0.05, 0.1) is 19.8 Å². The number of ether oxygens (including phenoxy) is 4. The fourth-order valence-electron chi connectivity index (χ4n) is 3.88. The second-order valence-electron chi connectivity index (χ2n) is 6.60. The molecule has 3 rings (SSSR count). The summed E-state index contributed by atoms with van der Waals surface area (Å²) in [6, 6.07) is 0. The number of esters is 1. The first-order chi connectivity index (χ1) is 12.0. The molecular formula is C17H23N2O6+. The van der Waals surface area contributed by atoms with Gasteiger partial charge in [-0.3, -0.25) is 0 Å². The van der Waals surface area contributed by atoms with Crippen LogP contribution in [0, 0.1) is 10.8 Å². The molecular weight excluding hydrogens is 328 g/mol. The summed E-state index contributed by atoms with van der Waals surface area (Å²) >= 11 is 0. The second-order valence-corrected chi connectivity index (χ2v) is 6.60. The first kappa shape index (κ1) is 17.7. The van der Waals surface area contributed by atoms with Gasteiger partial charge >= 0.3 is 17.6 Å². The summed E-state index contributed by atoms with van der Waals surface area (Å²) in [5, 5.41) is 18.9. The van der Waals surface area contributed by atoms with Crippen LogP contribution in [0.2, 0.25) is 0 Å². The zero-order valence-electron chi connectivity index (χ0n) is 14.3. The van der Waals surface area contributed by atoms with E-state index >= 15 is 0 Å². The Bertz CT molecular complexity index is 644. The van der Waals surface area contributed by atoms with Crippen molar-refractivity contribution in [2.45, 2.75) is 44.8 Å². The maximum atomic E-state index is 11.6. The molecule has 1 spiro atoms. The molecule has 2 aliphatic carbocycles. The van der Waals surface area contributed by atoms with Crippen molar-refractivity contribution in [1.82, 2.24) is 0 Å².